The first-order valence-electron chi connectivity index (χ1n) is 7.93. The molecule has 0 saturated heterocycles. The Hall–Kier alpha value is -2.89. The van der Waals surface area contributed by atoms with Crippen molar-refractivity contribution in [1.29, 1.82) is 0 Å². The molecule has 0 fully saturated rings. The minimum absolute atomic E-state index is 0.145. The van der Waals surface area contributed by atoms with Crippen molar-refractivity contribution in [3.8, 4) is 5.75 Å². The highest BCUT2D eigenvalue weighted by molar-refractivity contribution is 5.91. The van der Waals surface area contributed by atoms with Gasteiger partial charge >= 0.3 is 0 Å². The first-order valence-corrected chi connectivity index (χ1v) is 7.93. The average molecular weight is 344 g/mol. The van der Waals surface area contributed by atoms with Gasteiger partial charge in [0.05, 0.1) is 13.5 Å². The van der Waals surface area contributed by atoms with Gasteiger partial charge in [-0.3, -0.25) is 9.59 Å². The third-order valence-electron chi connectivity index (χ3n) is 3.68. The van der Waals surface area contributed by atoms with E-state index in [1.165, 1.54) is 24.0 Å². The van der Waals surface area contributed by atoms with Gasteiger partial charge in [0.25, 0.3) is 0 Å². The van der Waals surface area contributed by atoms with Crippen LogP contribution in [0.3, 0.4) is 0 Å². The summed E-state index contributed by atoms with van der Waals surface area (Å²) in [6, 6.07) is 13.1. The van der Waals surface area contributed by atoms with Crippen LogP contribution in [0.25, 0.3) is 0 Å². The van der Waals surface area contributed by atoms with Crippen molar-refractivity contribution in [2.24, 2.45) is 0 Å². The molecule has 0 aromatic heterocycles. The largest absolute Gasteiger partial charge is 0.497 e. The fourth-order valence-corrected chi connectivity index (χ4v) is 2.41. The van der Waals surface area contributed by atoms with Crippen LogP contribution in [0.5, 0.6) is 5.75 Å². The van der Waals surface area contributed by atoms with E-state index in [4.69, 9.17) is 4.74 Å². The van der Waals surface area contributed by atoms with Crippen molar-refractivity contribution in [2.45, 2.75) is 13.3 Å². The van der Waals surface area contributed by atoms with Gasteiger partial charge in [-0.2, -0.15) is 0 Å². The summed E-state index contributed by atoms with van der Waals surface area (Å²) in [6.45, 7) is 1.96. The summed E-state index contributed by atoms with van der Waals surface area (Å²) < 4.78 is 18.4. The van der Waals surface area contributed by atoms with Gasteiger partial charge in [0.1, 0.15) is 11.6 Å². The third kappa shape index (κ3) is 5.60. The Bertz CT molecular complexity index is 732. The molecule has 2 rings (SSSR count). The maximum Gasteiger partial charge on any atom is 0.224 e. The number of amides is 2. The lowest BCUT2D eigenvalue weighted by molar-refractivity contribution is -0.121. The fourth-order valence-electron chi connectivity index (χ4n) is 2.41. The molecule has 0 bridgehead atoms. The number of carbonyl (C=O) groups excluding carboxylic acids is 2. The Morgan fingerprint density at radius 2 is 1.88 bits per heavy atom. The van der Waals surface area contributed by atoms with Gasteiger partial charge < -0.3 is 15.0 Å². The number of nitrogens with zero attached hydrogens (tertiary/aromatic N) is 1. The highest BCUT2D eigenvalue weighted by Gasteiger charge is 2.12. The molecule has 2 amide bonds. The fraction of sp³-hybridized carbons (Fsp3) is 0.263. The van der Waals surface area contributed by atoms with E-state index in [0.29, 0.717) is 5.69 Å². The Kier molecular flexibility index (Phi) is 6.51. The number of rotatable bonds is 7. The van der Waals surface area contributed by atoms with Crippen LogP contribution in [0.2, 0.25) is 0 Å². The Balaban J connectivity index is 1.86. The molecule has 25 heavy (non-hydrogen) atoms. The number of ether oxygens (including phenoxy) is 1. The maximum atomic E-state index is 13.3. The molecule has 1 N–H and O–H groups in total. The van der Waals surface area contributed by atoms with E-state index in [1.54, 1.807) is 31.4 Å². The minimum atomic E-state index is -0.410. The van der Waals surface area contributed by atoms with E-state index in [1.807, 2.05) is 12.1 Å². The Labute approximate surface area is 146 Å². The molecule has 0 aliphatic heterocycles. The molecule has 0 heterocycles. The number of carbonyl (C=O) groups is 2. The second kappa shape index (κ2) is 8.82. The molecule has 0 aliphatic rings. The van der Waals surface area contributed by atoms with Crippen LogP contribution in [0.15, 0.2) is 48.5 Å². The van der Waals surface area contributed by atoms with Crippen molar-refractivity contribution < 1.29 is 18.7 Å². The van der Waals surface area contributed by atoms with Crippen molar-refractivity contribution in [3.05, 3.63) is 59.9 Å². The van der Waals surface area contributed by atoms with E-state index in [2.05, 4.69) is 5.32 Å². The van der Waals surface area contributed by atoms with E-state index in [-0.39, 0.29) is 31.3 Å². The molecule has 5 nitrogen and oxygen atoms in total. The lowest BCUT2D eigenvalue weighted by Gasteiger charge is -2.21. The molecule has 6 heteroatoms. The van der Waals surface area contributed by atoms with Gasteiger partial charge in [-0.25, -0.2) is 4.39 Å². The molecular weight excluding hydrogens is 323 g/mol. The van der Waals surface area contributed by atoms with E-state index in [0.717, 1.165) is 11.3 Å². The number of nitrogens with one attached hydrogen (secondary N) is 1. The third-order valence-corrected chi connectivity index (χ3v) is 3.68. The molecule has 0 radical (unpaired) electrons. The quantitative estimate of drug-likeness (QED) is 0.840. The van der Waals surface area contributed by atoms with E-state index in [9.17, 15) is 14.0 Å². The number of hydrogen-bond donors (Lipinski definition) is 1. The lowest BCUT2D eigenvalue weighted by atomic mass is 10.1. The van der Waals surface area contributed by atoms with Crippen molar-refractivity contribution in [3.63, 3.8) is 0 Å². The molecule has 2 aromatic carbocycles. The van der Waals surface area contributed by atoms with Crippen LogP contribution in [0.1, 0.15) is 12.5 Å². The topological polar surface area (TPSA) is 58.6 Å². The summed E-state index contributed by atoms with van der Waals surface area (Å²) in [5.41, 5.74) is 1.34. The van der Waals surface area contributed by atoms with Crippen molar-refractivity contribution in [1.82, 2.24) is 5.32 Å². The summed E-state index contributed by atoms with van der Waals surface area (Å²) in [4.78, 5) is 25.2. The van der Waals surface area contributed by atoms with E-state index >= 15 is 0 Å². The smallest absolute Gasteiger partial charge is 0.224 e. The average Bonchev–Trinajstić information content (AvgIpc) is 2.59. The Morgan fingerprint density at radius 1 is 1.16 bits per heavy atom. The van der Waals surface area contributed by atoms with Gasteiger partial charge in [0, 0.05) is 25.7 Å². The molecular formula is C19H21FN2O3. The summed E-state index contributed by atoms with van der Waals surface area (Å²) in [5.74, 6) is -0.0356. The monoisotopic (exact) mass is 344 g/mol. The first-order chi connectivity index (χ1) is 12.0. The number of benzene rings is 2. The van der Waals surface area contributed by atoms with E-state index < -0.39 is 5.82 Å². The van der Waals surface area contributed by atoms with Crippen molar-refractivity contribution >= 4 is 17.5 Å². The first kappa shape index (κ1) is 18.4. The van der Waals surface area contributed by atoms with Crippen molar-refractivity contribution in [2.75, 3.05) is 25.1 Å². The van der Waals surface area contributed by atoms with Crippen LogP contribution in [-0.2, 0) is 16.0 Å². The molecule has 0 aliphatic carbocycles. The summed E-state index contributed by atoms with van der Waals surface area (Å²) in [5, 5.41) is 2.77. The second-order valence-corrected chi connectivity index (χ2v) is 5.53. The number of halogens is 1. The minimum Gasteiger partial charge on any atom is -0.497 e. The second-order valence-electron chi connectivity index (χ2n) is 5.53. The summed E-state index contributed by atoms with van der Waals surface area (Å²) in [6.07, 6.45) is 0.240. The zero-order chi connectivity index (χ0) is 18.2. The zero-order valence-electron chi connectivity index (χ0n) is 14.3. The Morgan fingerprint density at radius 3 is 2.48 bits per heavy atom. The lowest BCUT2D eigenvalue weighted by Crippen LogP contribution is -2.38. The van der Waals surface area contributed by atoms with Crippen LogP contribution < -0.4 is 15.0 Å². The molecule has 2 aromatic rings. The maximum absolute atomic E-state index is 13.3. The van der Waals surface area contributed by atoms with Gasteiger partial charge in [0.2, 0.25) is 11.8 Å². The molecule has 0 unspecified atom stereocenters. The van der Waals surface area contributed by atoms with Gasteiger partial charge in [0.15, 0.2) is 0 Å². The zero-order valence-corrected chi connectivity index (χ0v) is 14.3. The highest BCUT2D eigenvalue weighted by atomic mass is 19.1. The van der Waals surface area contributed by atoms with Crippen LogP contribution in [-0.4, -0.2) is 32.0 Å². The SMILES string of the molecule is COc1ccc(CC(=O)NCCN(C(C)=O)c2cccc(F)c2)cc1. The summed E-state index contributed by atoms with van der Waals surface area (Å²) in [7, 11) is 1.58. The molecule has 0 saturated carbocycles. The predicted molar refractivity (Wildman–Crippen MR) is 94.1 cm³/mol. The normalized spacial score (nSPS) is 10.2. The summed E-state index contributed by atoms with van der Waals surface area (Å²) >= 11 is 0. The number of methoxy groups -OCH3 is 1. The van der Waals surface area contributed by atoms with Gasteiger partial charge in [-0.05, 0) is 35.9 Å². The molecule has 0 atom stereocenters. The standard InChI is InChI=1S/C19H21FN2O3/c1-14(23)22(17-5-3-4-16(20)13-17)11-10-21-19(24)12-15-6-8-18(25-2)9-7-15/h3-9,13H,10-12H2,1-2H3,(H,21,24). The predicted octanol–water partition coefficient (Wildman–Crippen LogP) is 2.55. The van der Waals surface area contributed by atoms with Crippen LogP contribution in [0.4, 0.5) is 10.1 Å². The number of hydrogen-bond acceptors (Lipinski definition) is 3. The highest BCUT2D eigenvalue weighted by Crippen LogP contribution is 2.15. The van der Waals surface area contributed by atoms with Crippen LogP contribution >= 0.6 is 0 Å². The van der Waals surface area contributed by atoms with Gasteiger partial charge in [-0.15, -0.1) is 0 Å². The van der Waals surface area contributed by atoms with Crippen LogP contribution in [0, 0.1) is 5.82 Å². The molecule has 132 valence electrons. The van der Waals surface area contributed by atoms with Gasteiger partial charge in [-0.1, -0.05) is 18.2 Å². The molecule has 0 spiro atoms. The number of anilines is 1.